The molecule has 3 aromatic rings. The quantitative estimate of drug-likeness (QED) is 0.781. The number of aliphatic hydroxyl groups is 1. The second-order valence-electron chi connectivity index (χ2n) is 4.96. The van der Waals surface area contributed by atoms with Gasteiger partial charge >= 0.3 is 0 Å². The molecule has 0 saturated heterocycles. The Hall–Kier alpha value is -2.18. The number of aromatic nitrogens is 2. The summed E-state index contributed by atoms with van der Waals surface area (Å²) in [5.41, 5.74) is 1.58. The number of hydrogen-bond acceptors (Lipinski definition) is 4. The largest absolute Gasteiger partial charge is 0.388 e. The van der Waals surface area contributed by atoms with Gasteiger partial charge in [0.25, 0.3) is 0 Å². The molecule has 22 heavy (non-hydrogen) atoms. The van der Waals surface area contributed by atoms with Gasteiger partial charge in [0.1, 0.15) is 12.4 Å². The Morgan fingerprint density at radius 2 is 1.68 bits per heavy atom. The third-order valence-corrected chi connectivity index (χ3v) is 5.27. The lowest BCUT2D eigenvalue weighted by atomic mass is 10.3. The third-order valence-electron chi connectivity index (χ3n) is 3.56. The highest BCUT2D eigenvalue weighted by Crippen LogP contribution is 2.17. The van der Waals surface area contributed by atoms with E-state index in [4.69, 9.17) is 0 Å². The molecule has 0 aliphatic carbocycles. The van der Waals surface area contributed by atoms with Gasteiger partial charge in [0.2, 0.25) is 0 Å². The molecule has 0 atom stereocenters. The first kappa shape index (κ1) is 14.7. The molecule has 0 amide bonds. The van der Waals surface area contributed by atoms with E-state index in [1.165, 1.54) is 0 Å². The van der Waals surface area contributed by atoms with Gasteiger partial charge in [-0.3, -0.25) is 0 Å². The van der Waals surface area contributed by atoms with Crippen LogP contribution in [0.15, 0.2) is 59.5 Å². The monoisotopic (exact) mass is 316 g/mol. The predicted molar refractivity (Wildman–Crippen MR) is 84.2 cm³/mol. The van der Waals surface area contributed by atoms with Crippen molar-refractivity contribution in [3.8, 4) is 0 Å². The lowest BCUT2D eigenvalue weighted by molar-refractivity contribution is 0.266. The minimum Gasteiger partial charge on any atom is -0.388 e. The summed E-state index contributed by atoms with van der Waals surface area (Å²) < 4.78 is 26.5. The number of aliphatic hydroxyl groups excluding tert-OH is 1. The standard InChI is InChI=1S/C16H16N2O3S/c19-12-16-17-14-8-4-5-9-15(14)18(16)10-11-22(20,21)13-6-2-1-3-7-13/h1-9,19H,10-12H2. The van der Waals surface area contributed by atoms with Crippen molar-refractivity contribution < 1.29 is 13.5 Å². The zero-order chi connectivity index (χ0) is 15.6. The fraction of sp³-hybridized carbons (Fsp3) is 0.188. The summed E-state index contributed by atoms with van der Waals surface area (Å²) in [6.07, 6.45) is 0. The van der Waals surface area contributed by atoms with Crippen molar-refractivity contribution >= 4 is 20.9 Å². The summed E-state index contributed by atoms with van der Waals surface area (Å²) in [6.45, 7) is 0.0354. The van der Waals surface area contributed by atoms with Gasteiger partial charge in [-0.25, -0.2) is 13.4 Å². The van der Waals surface area contributed by atoms with E-state index in [9.17, 15) is 13.5 Å². The fourth-order valence-corrected chi connectivity index (χ4v) is 3.68. The predicted octanol–water partition coefficient (Wildman–Crippen LogP) is 2.00. The van der Waals surface area contributed by atoms with Crippen LogP contribution >= 0.6 is 0 Å². The van der Waals surface area contributed by atoms with Crippen molar-refractivity contribution in [2.45, 2.75) is 18.0 Å². The van der Waals surface area contributed by atoms with Gasteiger partial charge in [-0.05, 0) is 24.3 Å². The molecule has 0 unspecified atom stereocenters. The lowest BCUT2D eigenvalue weighted by Gasteiger charge is -2.09. The highest BCUT2D eigenvalue weighted by atomic mass is 32.2. The molecule has 5 nitrogen and oxygen atoms in total. The molecule has 0 saturated carbocycles. The Kier molecular flexibility index (Phi) is 3.96. The van der Waals surface area contributed by atoms with Gasteiger partial charge in [0.15, 0.2) is 9.84 Å². The van der Waals surface area contributed by atoms with Gasteiger partial charge in [-0.2, -0.15) is 0 Å². The van der Waals surface area contributed by atoms with Crippen molar-refractivity contribution in [3.05, 3.63) is 60.4 Å². The minimum atomic E-state index is -3.36. The minimum absolute atomic E-state index is 0.0373. The van der Waals surface area contributed by atoms with Gasteiger partial charge in [-0.1, -0.05) is 30.3 Å². The maximum Gasteiger partial charge on any atom is 0.180 e. The summed E-state index contributed by atoms with van der Waals surface area (Å²) >= 11 is 0. The number of fused-ring (bicyclic) bond motifs is 1. The first-order valence-corrected chi connectivity index (χ1v) is 8.60. The molecular formula is C16H16N2O3S. The zero-order valence-corrected chi connectivity index (χ0v) is 12.7. The Balaban J connectivity index is 1.91. The van der Waals surface area contributed by atoms with Crippen LogP contribution in [0.1, 0.15) is 5.82 Å². The van der Waals surface area contributed by atoms with E-state index in [1.54, 1.807) is 34.9 Å². The van der Waals surface area contributed by atoms with Crippen LogP contribution < -0.4 is 0 Å². The molecular weight excluding hydrogens is 300 g/mol. The third kappa shape index (κ3) is 2.75. The number of imidazole rings is 1. The normalized spacial score (nSPS) is 11.9. The highest BCUT2D eigenvalue weighted by Gasteiger charge is 2.16. The van der Waals surface area contributed by atoms with Crippen LogP contribution in [-0.4, -0.2) is 28.8 Å². The Morgan fingerprint density at radius 3 is 2.41 bits per heavy atom. The van der Waals surface area contributed by atoms with Crippen molar-refractivity contribution in [1.82, 2.24) is 9.55 Å². The molecule has 2 aromatic carbocycles. The van der Waals surface area contributed by atoms with Crippen molar-refractivity contribution in [2.24, 2.45) is 0 Å². The molecule has 0 spiro atoms. The maximum absolute atomic E-state index is 12.4. The smallest absolute Gasteiger partial charge is 0.180 e. The van der Waals surface area contributed by atoms with Crippen LogP contribution in [0.4, 0.5) is 0 Å². The van der Waals surface area contributed by atoms with Crippen molar-refractivity contribution in [3.63, 3.8) is 0 Å². The van der Waals surface area contributed by atoms with E-state index in [-0.39, 0.29) is 18.9 Å². The van der Waals surface area contributed by atoms with Crippen LogP contribution in [-0.2, 0) is 23.0 Å². The highest BCUT2D eigenvalue weighted by molar-refractivity contribution is 7.91. The van der Waals surface area contributed by atoms with E-state index in [0.29, 0.717) is 10.7 Å². The number of sulfone groups is 1. The van der Waals surface area contributed by atoms with E-state index in [1.807, 2.05) is 24.3 Å². The Bertz CT molecular complexity index is 886. The lowest BCUT2D eigenvalue weighted by Crippen LogP contribution is -2.15. The van der Waals surface area contributed by atoms with Gasteiger partial charge in [0, 0.05) is 6.54 Å². The number of rotatable bonds is 5. The first-order chi connectivity index (χ1) is 10.6. The van der Waals surface area contributed by atoms with Crippen LogP contribution in [0.3, 0.4) is 0 Å². The summed E-state index contributed by atoms with van der Waals surface area (Å²) in [5.74, 6) is 0.439. The molecule has 1 heterocycles. The number of nitrogens with zero attached hydrogens (tertiary/aromatic N) is 2. The molecule has 0 aliphatic heterocycles. The van der Waals surface area contributed by atoms with Crippen LogP contribution in [0.25, 0.3) is 11.0 Å². The van der Waals surface area contributed by atoms with Gasteiger partial charge in [0.05, 0.1) is 21.7 Å². The maximum atomic E-state index is 12.4. The molecule has 3 rings (SSSR count). The number of aryl methyl sites for hydroxylation is 1. The molecule has 0 bridgehead atoms. The van der Waals surface area contributed by atoms with Gasteiger partial charge in [-0.15, -0.1) is 0 Å². The van der Waals surface area contributed by atoms with Crippen molar-refractivity contribution in [2.75, 3.05) is 5.75 Å². The average molecular weight is 316 g/mol. The molecule has 0 aliphatic rings. The molecule has 1 N–H and O–H groups in total. The SMILES string of the molecule is O=S(=O)(CCn1c(CO)nc2ccccc21)c1ccccc1. The van der Waals surface area contributed by atoms with Crippen LogP contribution in [0.5, 0.6) is 0 Å². The topological polar surface area (TPSA) is 72.2 Å². The number of benzene rings is 2. The number of hydrogen-bond donors (Lipinski definition) is 1. The Labute approximate surface area is 128 Å². The zero-order valence-electron chi connectivity index (χ0n) is 11.9. The molecule has 0 radical (unpaired) electrons. The first-order valence-electron chi connectivity index (χ1n) is 6.94. The van der Waals surface area contributed by atoms with Crippen molar-refractivity contribution in [1.29, 1.82) is 0 Å². The molecule has 1 aromatic heterocycles. The van der Waals surface area contributed by atoms with E-state index in [0.717, 1.165) is 11.0 Å². The summed E-state index contributed by atoms with van der Waals surface area (Å²) in [5, 5.41) is 9.43. The van der Waals surface area contributed by atoms with Gasteiger partial charge < -0.3 is 9.67 Å². The van der Waals surface area contributed by atoms with E-state index in [2.05, 4.69) is 4.98 Å². The average Bonchev–Trinajstić information content (AvgIpc) is 2.91. The Morgan fingerprint density at radius 1 is 1.00 bits per heavy atom. The summed E-state index contributed by atoms with van der Waals surface area (Å²) in [7, 11) is -3.36. The van der Waals surface area contributed by atoms with Crippen LogP contribution in [0.2, 0.25) is 0 Å². The fourth-order valence-electron chi connectivity index (χ4n) is 2.45. The van der Waals surface area contributed by atoms with E-state index < -0.39 is 9.84 Å². The second kappa shape index (κ2) is 5.90. The molecule has 6 heteroatoms. The van der Waals surface area contributed by atoms with Crippen LogP contribution in [0, 0.1) is 0 Å². The van der Waals surface area contributed by atoms with E-state index >= 15 is 0 Å². The number of para-hydroxylation sites is 2. The summed E-state index contributed by atoms with van der Waals surface area (Å²) in [6, 6.07) is 15.8. The summed E-state index contributed by atoms with van der Waals surface area (Å²) in [4.78, 5) is 4.63. The molecule has 114 valence electrons. The molecule has 0 fully saturated rings. The second-order valence-corrected chi connectivity index (χ2v) is 7.07.